The molecule has 0 atom stereocenters. The van der Waals surface area contributed by atoms with Gasteiger partial charge in [0.05, 0.1) is 40.8 Å². The molecule has 0 saturated heterocycles. The maximum absolute atomic E-state index is 13.0. The zero-order valence-corrected chi connectivity index (χ0v) is 15.1. The van der Waals surface area contributed by atoms with E-state index in [1.165, 1.54) is 24.3 Å². The fourth-order valence-corrected chi connectivity index (χ4v) is 3.09. The molecule has 2 aromatic heterocycles. The Hall–Kier alpha value is -2.67. The van der Waals surface area contributed by atoms with Crippen LogP contribution in [0.25, 0.3) is 16.9 Å². The lowest BCUT2D eigenvalue weighted by Gasteiger charge is -2.13. The summed E-state index contributed by atoms with van der Waals surface area (Å²) in [5, 5.41) is 7.76. The summed E-state index contributed by atoms with van der Waals surface area (Å²) in [6.07, 6.45) is 6.51. The Morgan fingerprint density at radius 1 is 1.16 bits per heavy atom. The minimum absolute atomic E-state index is 0.124. The van der Waals surface area contributed by atoms with Gasteiger partial charge in [-0.15, -0.1) is 11.8 Å². The Balaban J connectivity index is 2.16. The Morgan fingerprint density at radius 3 is 2.56 bits per heavy atom. The van der Waals surface area contributed by atoms with E-state index in [0.717, 1.165) is 11.3 Å². The molecule has 0 radical (unpaired) electrons. The summed E-state index contributed by atoms with van der Waals surface area (Å²) in [5.41, 5.74) is 3.01. The molecule has 0 saturated carbocycles. The summed E-state index contributed by atoms with van der Waals surface area (Å²) in [7, 11) is 0. The zero-order valence-electron chi connectivity index (χ0n) is 14.3. The second-order valence-corrected chi connectivity index (χ2v) is 6.15. The van der Waals surface area contributed by atoms with Gasteiger partial charge in [-0.25, -0.2) is 4.98 Å². The molecule has 0 amide bonds. The van der Waals surface area contributed by atoms with Crippen LogP contribution in [0.15, 0.2) is 52.7 Å². The van der Waals surface area contributed by atoms with Crippen molar-refractivity contribution >= 4 is 11.8 Å². The van der Waals surface area contributed by atoms with Crippen molar-refractivity contribution in [2.24, 2.45) is 0 Å². The summed E-state index contributed by atoms with van der Waals surface area (Å²) in [5.74, 6) is 0.563. The van der Waals surface area contributed by atoms with E-state index < -0.39 is 0 Å². The molecule has 3 rings (SSSR count). The van der Waals surface area contributed by atoms with Gasteiger partial charge in [-0.05, 0) is 32.2 Å². The van der Waals surface area contributed by atoms with Crippen LogP contribution in [0.3, 0.4) is 0 Å². The molecule has 7 heteroatoms. The van der Waals surface area contributed by atoms with Gasteiger partial charge in [-0.1, -0.05) is 17.7 Å². The van der Waals surface area contributed by atoms with Crippen molar-refractivity contribution in [2.45, 2.75) is 18.7 Å². The van der Waals surface area contributed by atoms with Crippen molar-refractivity contribution in [2.75, 3.05) is 12.9 Å². The summed E-state index contributed by atoms with van der Waals surface area (Å²) in [4.78, 5) is 18.0. The first-order valence-electron chi connectivity index (χ1n) is 7.82. The highest BCUT2D eigenvalue weighted by Gasteiger charge is 2.17. The molecule has 128 valence electrons. The number of rotatable bonds is 5. The van der Waals surface area contributed by atoms with E-state index in [4.69, 9.17) is 4.74 Å². The predicted molar refractivity (Wildman–Crippen MR) is 98.5 cm³/mol. The Labute approximate surface area is 149 Å². The van der Waals surface area contributed by atoms with E-state index in [1.54, 1.807) is 10.8 Å². The quantitative estimate of drug-likeness (QED) is 0.656. The van der Waals surface area contributed by atoms with Gasteiger partial charge in [-0.3, -0.25) is 9.36 Å². The molecule has 0 aliphatic carbocycles. The topological polar surface area (TPSA) is 69.9 Å². The van der Waals surface area contributed by atoms with E-state index in [-0.39, 0.29) is 5.56 Å². The van der Waals surface area contributed by atoms with Crippen molar-refractivity contribution < 1.29 is 4.74 Å². The Bertz CT molecular complexity index is 939. The molecule has 0 fully saturated rings. The van der Waals surface area contributed by atoms with Crippen LogP contribution in [-0.2, 0) is 0 Å². The van der Waals surface area contributed by atoms with Crippen LogP contribution in [0.1, 0.15) is 12.5 Å². The number of ether oxygens (including phenoxy) is 1. The molecule has 25 heavy (non-hydrogen) atoms. The van der Waals surface area contributed by atoms with E-state index >= 15 is 0 Å². The van der Waals surface area contributed by atoms with E-state index in [9.17, 15) is 4.79 Å². The third kappa shape index (κ3) is 3.41. The molecular formula is C18H18N4O2S. The second kappa shape index (κ2) is 7.48. The summed E-state index contributed by atoms with van der Waals surface area (Å²) < 4.78 is 7.14. The number of hydrogen-bond donors (Lipinski definition) is 0. The first-order valence-corrected chi connectivity index (χ1v) is 9.04. The molecule has 0 spiro atoms. The maximum Gasteiger partial charge on any atom is 0.272 e. The Kier molecular flexibility index (Phi) is 5.14. The average molecular weight is 354 g/mol. The molecule has 1 aromatic carbocycles. The van der Waals surface area contributed by atoms with Crippen molar-refractivity contribution in [1.29, 1.82) is 0 Å². The van der Waals surface area contributed by atoms with E-state index in [1.807, 2.05) is 44.4 Å². The summed E-state index contributed by atoms with van der Waals surface area (Å²) in [6, 6.07) is 7.74. The van der Waals surface area contributed by atoms with Crippen molar-refractivity contribution in [3.8, 4) is 22.7 Å². The van der Waals surface area contributed by atoms with Crippen molar-refractivity contribution in [1.82, 2.24) is 19.7 Å². The first-order chi connectivity index (χ1) is 12.2. The zero-order chi connectivity index (χ0) is 17.8. The minimum Gasteiger partial charge on any atom is -0.491 e. The lowest BCUT2D eigenvalue weighted by molar-refractivity contribution is 0.339. The Morgan fingerprint density at radius 2 is 1.88 bits per heavy atom. The monoisotopic (exact) mass is 354 g/mol. The molecule has 3 aromatic rings. The van der Waals surface area contributed by atoms with Crippen LogP contribution in [0, 0.1) is 6.92 Å². The van der Waals surface area contributed by atoms with Gasteiger partial charge < -0.3 is 4.74 Å². The van der Waals surface area contributed by atoms with Crippen LogP contribution in [0.4, 0.5) is 0 Å². The highest BCUT2D eigenvalue weighted by Crippen LogP contribution is 2.31. The van der Waals surface area contributed by atoms with Gasteiger partial charge in [-0.2, -0.15) is 10.2 Å². The molecule has 0 aliphatic heterocycles. The van der Waals surface area contributed by atoms with Crippen LogP contribution >= 0.6 is 11.8 Å². The van der Waals surface area contributed by atoms with Gasteiger partial charge in [0.15, 0.2) is 0 Å². The molecule has 0 bridgehead atoms. The normalized spacial score (nSPS) is 10.7. The smallest absolute Gasteiger partial charge is 0.272 e. The summed E-state index contributed by atoms with van der Waals surface area (Å²) in [6.45, 7) is 4.39. The molecule has 2 heterocycles. The lowest BCUT2D eigenvalue weighted by Crippen LogP contribution is -2.21. The number of aryl methyl sites for hydroxylation is 1. The van der Waals surface area contributed by atoms with Crippen molar-refractivity contribution in [3.63, 3.8) is 0 Å². The molecule has 6 nitrogen and oxygen atoms in total. The predicted octanol–water partition coefficient (Wildman–Crippen LogP) is 3.12. The second-order valence-electron chi connectivity index (χ2n) is 5.34. The average Bonchev–Trinajstić information content (AvgIpc) is 2.63. The fraction of sp³-hybridized carbons (Fsp3) is 0.222. The van der Waals surface area contributed by atoms with Gasteiger partial charge in [0.2, 0.25) is 0 Å². The molecule has 0 unspecified atom stereocenters. The van der Waals surface area contributed by atoms with Crippen molar-refractivity contribution in [3.05, 3.63) is 58.9 Å². The van der Waals surface area contributed by atoms with Crippen LogP contribution in [-0.4, -0.2) is 32.6 Å². The summed E-state index contributed by atoms with van der Waals surface area (Å²) >= 11 is 1.36. The van der Waals surface area contributed by atoms with Crippen LogP contribution in [0.5, 0.6) is 5.75 Å². The molecule has 0 aliphatic rings. The number of benzene rings is 1. The SMILES string of the molecule is CCOc1cnncc1-c1ncn(-c2ccc(C)cc2)c(=O)c1SC. The van der Waals surface area contributed by atoms with Gasteiger partial charge in [0.1, 0.15) is 12.1 Å². The number of aromatic nitrogens is 4. The molecular weight excluding hydrogens is 336 g/mol. The molecule has 0 N–H and O–H groups in total. The van der Waals surface area contributed by atoms with Crippen LogP contribution in [0.2, 0.25) is 0 Å². The highest BCUT2D eigenvalue weighted by atomic mass is 32.2. The standard InChI is InChI=1S/C18H18N4O2S/c1-4-24-15-10-21-20-9-14(15)16-17(25-3)18(23)22(11-19-16)13-7-5-12(2)6-8-13/h5-11H,4H2,1-3H3. The maximum atomic E-state index is 13.0. The first kappa shape index (κ1) is 17.2. The third-order valence-electron chi connectivity index (χ3n) is 3.70. The number of nitrogens with zero attached hydrogens (tertiary/aromatic N) is 4. The minimum atomic E-state index is -0.124. The van der Waals surface area contributed by atoms with Gasteiger partial charge in [0, 0.05) is 0 Å². The fourth-order valence-electron chi connectivity index (χ4n) is 2.46. The number of hydrogen-bond acceptors (Lipinski definition) is 6. The highest BCUT2D eigenvalue weighted by molar-refractivity contribution is 7.98. The van der Waals surface area contributed by atoms with Gasteiger partial charge in [0.25, 0.3) is 5.56 Å². The van der Waals surface area contributed by atoms with Crippen LogP contribution < -0.4 is 10.3 Å². The third-order valence-corrected chi connectivity index (χ3v) is 4.47. The lowest BCUT2D eigenvalue weighted by atomic mass is 10.2. The number of thioether (sulfide) groups is 1. The van der Waals surface area contributed by atoms with Gasteiger partial charge >= 0.3 is 0 Å². The van der Waals surface area contributed by atoms with E-state index in [2.05, 4.69) is 15.2 Å². The van der Waals surface area contributed by atoms with E-state index in [0.29, 0.717) is 28.5 Å². The largest absolute Gasteiger partial charge is 0.491 e.